The van der Waals surface area contributed by atoms with Crippen molar-refractivity contribution in [3.05, 3.63) is 23.5 Å². The van der Waals surface area contributed by atoms with Crippen LogP contribution in [0, 0.1) is 5.92 Å². The summed E-state index contributed by atoms with van der Waals surface area (Å²) < 4.78 is -0.845. The zero-order valence-electron chi connectivity index (χ0n) is 10.7. The minimum absolute atomic E-state index is 0.0653. The average Bonchev–Trinajstić information content (AvgIpc) is 3.08. The van der Waals surface area contributed by atoms with Gasteiger partial charge in [-0.1, -0.05) is 11.6 Å². The Morgan fingerprint density at radius 3 is 2.50 bits per heavy atom. The predicted molar refractivity (Wildman–Crippen MR) is 80.6 cm³/mol. The van der Waals surface area contributed by atoms with E-state index in [1.807, 2.05) is 11.0 Å². The van der Waals surface area contributed by atoms with Crippen molar-refractivity contribution in [1.82, 2.24) is 9.88 Å². The number of hydrogen-bond acceptors (Lipinski definition) is 3. The van der Waals surface area contributed by atoms with Gasteiger partial charge in [-0.05, 0) is 12.5 Å². The number of carbonyl (C=O) groups excluding carboxylic acids is 1. The second-order valence-corrected chi connectivity index (χ2v) is 7.11. The predicted octanol–water partition coefficient (Wildman–Crippen LogP) is 2.58. The zero-order valence-corrected chi connectivity index (χ0v) is 13.0. The minimum Gasteiger partial charge on any atom is -0.367 e. The summed E-state index contributed by atoms with van der Waals surface area (Å²) in [6.07, 6.45) is 3.91. The first-order valence-corrected chi connectivity index (χ1v) is 7.63. The molecule has 0 unspecified atom stereocenters. The van der Waals surface area contributed by atoms with Crippen LogP contribution in [0.15, 0.2) is 18.5 Å². The Labute approximate surface area is 132 Å². The van der Waals surface area contributed by atoms with E-state index in [4.69, 9.17) is 34.8 Å². The molecule has 0 spiro atoms. The van der Waals surface area contributed by atoms with Gasteiger partial charge in [0.15, 0.2) is 0 Å². The summed E-state index contributed by atoms with van der Waals surface area (Å²) >= 11 is 18.0. The van der Waals surface area contributed by atoms with E-state index in [1.165, 1.54) is 0 Å². The molecule has 20 heavy (non-hydrogen) atoms. The van der Waals surface area contributed by atoms with Gasteiger partial charge >= 0.3 is 0 Å². The number of carbonyl (C=O) groups is 1. The Balaban J connectivity index is 1.60. The van der Waals surface area contributed by atoms with E-state index < -0.39 is 4.33 Å². The average molecular weight is 335 g/mol. The number of amides is 1. The Hall–Kier alpha value is -0.710. The van der Waals surface area contributed by atoms with Gasteiger partial charge in [0.2, 0.25) is 5.91 Å². The third-order valence-electron chi connectivity index (χ3n) is 3.81. The normalized spacial score (nSPS) is 24.6. The van der Waals surface area contributed by atoms with Crippen molar-refractivity contribution < 1.29 is 4.79 Å². The molecule has 2 aliphatic rings. The Morgan fingerprint density at radius 2 is 1.95 bits per heavy atom. The summed E-state index contributed by atoms with van der Waals surface area (Å²) in [7, 11) is 0. The van der Waals surface area contributed by atoms with Crippen LogP contribution in [-0.2, 0) is 4.79 Å². The van der Waals surface area contributed by atoms with Crippen LogP contribution >= 0.6 is 34.8 Å². The molecule has 2 heterocycles. The molecule has 3 rings (SSSR count). The van der Waals surface area contributed by atoms with E-state index in [2.05, 4.69) is 9.88 Å². The third kappa shape index (κ3) is 2.69. The number of pyridine rings is 1. The summed E-state index contributed by atoms with van der Waals surface area (Å²) in [6, 6.07) is 1.89. The van der Waals surface area contributed by atoms with E-state index in [0.717, 1.165) is 18.8 Å². The van der Waals surface area contributed by atoms with Crippen LogP contribution in [0.25, 0.3) is 0 Å². The van der Waals surface area contributed by atoms with Gasteiger partial charge < -0.3 is 9.80 Å². The van der Waals surface area contributed by atoms with Gasteiger partial charge in [0, 0.05) is 38.6 Å². The first-order chi connectivity index (χ1) is 9.49. The second-order valence-electron chi connectivity index (χ2n) is 5.16. The maximum absolute atomic E-state index is 12.2. The molecule has 1 atom stereocenters. The van der Waals surface area contributed by atoms with E-state index in [-0.39, 0.29) is 11.8 Å². The van der Waals surface area contributed by atoms with Crippen LogP contribution in [-0.4, -0.2) is 46.3 Å². The highest BCUT2D eigenvalue weighted by Crippen LogP contribution is 2.53. The highest BCUT2D eigenvalue weighted by Gasteiger charge is 2.57. The van der Waals surface area contributed by atoms with Crippen LogP contribution in [0.4, 0.5) is 5.69 Å². The molecule has 7 heteroatoms. The third-order valence-corrected chi connectivity index (χ3v) is 4.93. The van der Waals surface area contributed by atoms with Crippen molar-refractivity contribution >= 4 is 46.4 Å². The van der Waals surface area contributed by atoms with Crippen LogP contribution in [0.2, 0.25) is 5.02 Å². The molecule has 0 bridgehead atoms. The summed E-state index contributed by atoms with van der Waals surface area (Å²) in [4.78, 5) is 20.2. The van der Waals surface area contributed by atoms with E-state index in [0.29, 0.717) is 24.5 Å². The molecule has 1 aromatic rings. The smallest absolute Gasteiger partial charge is 0.228 e. The molecule has 108 valence electrons. The fourth-order valence-electron chi connectivity index (χ4n) is 2.49. The molecule has 1 saturated carbocycles. The lowest BCUT2D eigenvalue weighted by Crippen LogP contribution is -2.49. The first kappa shape index (κ1) is 14.2. The van der Waals surface area contributed by atoms with Gasteiger partial charge in [0.1, 0.15) is 4.33 Å². The number of hydrogen-bond donors (Lipinski definition) is 0. The summed E-state index contributed by atoms with van der Waals surface area (Å²) in [5, 5.41) is 0.634. The van der Waals surface area contributed by atoms with Crippen molar-refractivity contribution in [2.45, 2.75) is 10.8 Å². The van der Waals surface area contributed by atoms with Crippen molar-refractivity contribution in [3.63, 3.8) is 0 Å². The monoisotopic (exact) mass is 333 g/mol. The Morgan fingerprint density at radius 1 is 1.30 bits per heavy atom. The molecule has 2 fully saturated rings. The largest absolute Gasteiger partial charge is 0.367 e. The van der Waals surface area contributed by atoms with Crippen molar-refractivity contribution in [2.75, 3.05) is 31.1 Å². The maximum Gasteiger partial charge on any atom is 0.228 e. The summed E-state index contributed by atoms with van der Waals surface area (Å²) in [5.41, 5.74) is 0.962. The molecular formula is C13H14Cl3N3O. The van der Waals surface area contributed by atoms with Gasteiger partial charge in [-0.2, -0.15) is 0 Å². The fourth-order valence-corrected chi connectivity index (χ4v) is 3.23. The quantitative estimate of drug-likeness (QED) is 0.780. The molecule has 1 aliphatic heterocycles. The number of halogens is 3. The van der Waals surface area contributed by atoms with Crippen LogP contribution in [0.1, 0.15) is 6.42 Å². The van der Waals surface area contributed by atoms with Crippen molar-refractivity contribution in [3.8, 4) is 0 Å². The number of piperazine rings is 1. The fraction of sp³-hybridized carbons (Fsp3) is 0.538. The van der Waals surface area contributed by atoms with Gasteiger partial charge in [0.25, 0.3) is 0 Å². The van der Waals surface area contributed by atoms with Crippen molar-refractivity contribution in [2.24, 2.45) is 5.92 Å². The van der Waals surface area contributed by atoms with E-state index in [1.54, 1.807) is 12.4 Å². The van der Waals surface area contributed by atoms with Crippen LogP contribution in [0.5, 0.6) is 0 Å². The number of aromatic nitrogens is 1. The molecule has 1 amide bonds. The summed E-state index contributed by atoms with van der Waals surface area (Å²) in [6.45, 7) is 2.83. The van der Waals surface area contributed by atoms with Gasteiger partial charge in [0.05, 0.1) is 16.6 Å². The highest BCUT2D eigenvalue weighted by molar-refractivity contribution is 6.52. The maximum atomic E-state index is 12.2. The molecule has 4 nitrogen and oxygen atoms in total. The first-order valence-electron chi connectivity index (χ1n) is 6.50. The number of nitrogens with zero attached hydrogens (tertiary/aromatic N) is 3. The van der Waals surface area contributed by atoms with Gasteiger partial charge in [-0.25, -0.2) is 0 Å². The molecular weight excluding hydrogens is 321 g/mol. The van der Waals surface area contributed by atoms with Gasteiger partial charge in [-0.3, -0.25) is 9.78 Å². The molecule has 0 radical (unpaired) electrons. The molecule has 0 aromatic carbocycles. The standard InChI is InChI=1S/C13H14Cl3N3O/c14-10-8-17-2-1-11(10)18-3-5-19(6-4-18)12(20)9-7-13(9,15)16/h1-2,8-9H,3-7H2/t9-/m1/s1. The second kappa shape index (κ2) is 5.24. The zero-order chi connectivity index (χ0) is 14.3. The molecule has 1 aliphatic carbocycles. The Kier molecular flexibility index (Phi) is 3.73. The number of alkyl halides is 2. The van der Waals surface area contributed by atoms with Gasteiger partial charge in [-0.15, -0.1) is 23.2 Å². The number of rotatable bonds is 2. The molecule has 1 aromatic heterocycles. The van der Waals surface area contributed by atoms with Crippen LogP contribution in [0.3, 0.4) is 0 Å². The lowest BCUT2D eigenvalue weighted by atomic mass is 10.2. The lowest BCUT2D eigenvalue weighted by molar-refractivity contribution is -0.132. The number of anilines is 1. The lowest BCUT2D eigenvalue weighted by Gasteiger charge is -2.36. The topological polar surface area (TPSA) is 36.4 Å². The molecule has 0 N–H and O–H groups in total. The SMILES string of the molecule is O=C([C@H]1CC1(Cl)Cl)N1CCN(c2ccncc2Cl)CC1. The van der Waals surface area contributed by atoms with E-state index in [9.17, 15) is 4.79 Å². The Bertz CT molecular complexity index is 529. The van der Waals surface area contributed by atoms with E-state index >= 15 is 0 Å². The summed E-state index contributed by atoms with van der Waals surface area (Å²) in [5.74, 6) is -0.169. The molecule has 1 saturated heterocycles. The van der Waals surface area contributed by atoms with Crippen molar-refractivity contribution in [1.29, 1.82) is 0 Å². The minimum atomic E-state index is -0.845. The van der Waals surface area contributed by atoms with Crippen LogP contribution < -0.4 is 4.90 Å². The highest BCUT2D eigenvalue weighted by atomic mass is 35.5.